The van der Waals surface area contributed by atoms with Crippen molar-refractivity contribution < 1.29 is 44.3 Å². The molecule has 1 aliphatic heterocycles. The lowest BCUT2D eigenvalue weighted by molar-refractivity contribution is -0.151. The summed E-state index contributed by atoms with van der Waals surface area (Å²) in [7, 11) is 0. The molecule has 12 heteroatoms. The summed E-state index contributed by atoms with van der Waals surface area (Å²) in [5.41, 5.74) is 6.96. The number of hydrogen-bond acceptors (Lipinski definition) is 9. The first-order valence-corrected chi connectivity index (χ1v) is 14.9. The third kappa shape index (κ3) is 9.17. The van der Waals surface area contributed by atoms with Crippen molar-refractivity contribution in [1.29, 1.82) is 0 Å². The van der Waals surface area contributed by atoms with E-state index in [4.69, 9.17) is 25.8 Å². The number of fused-ring (bicyclic) bond motifs is 1. The number of carboxylic acid groups (broad SMARTS) is 2. The van der Waals surface area contributed by atoms with Gasteiger partial charge in [0.1, 0.15) is 18.1 Å². The molecule has 0 unspecified atom stereocenters. The van der Waals surface area contributed by atoms with Crippen molar-refractivity contribution in [1.82, 2.24) is 10.2 Å². The zero-order chi connectivity index (χ0) is 32.4. The van der Waals surface area contributed by atoms with Gasteiger partial charge in [0.15, 0.2) is 11.5 Å². The summed E-state index contributed by atoms with van der Waals surface area (Å²) in [6, 6.07) is 10.8. The van der Waals surface area contributed by atoms with Gasteiger partial charge in [0, 0.05) is 6.04 Å². The average Bonchev–Trinajstić information content (AvgIpc) is 3.59. The number of amides is 1. The van der Waals surface area contributed by atoms with Crippen LogP contribution in [-0.4, -0.2) is 86.0 Å². The fraction of sp³-hybridized carbons (Fsp3) is 0.500. The number of hydrogen-bond donors (Lipinski definition) is 6. The lowest BCUT2D eigenvalue weighted by atomic mass is 10.0. The van der Waals surface area contributed by atoms with E-state index in [2.05, 4.69) is 5.32 Å². The number of phenolic OH excluding ortho intramolecular Hbond substituents is 2. The molecule has 1 aliphatic carbocycles. The lowest BCUT2D eigenvalue weighted by Crippen LogP contribution is -2.55. The first-order valence-electron chi connectivity index (χ1n) is 14.9. The van der Waals surface area contributed by atoms with Gasteiger partial charge in [-0.1, -0.05) is 42.8 Å². The molecule has 240 valence electrons. The topological polar surface area (TPSA) is 200 Å². The van der Waals surface area contributed by atoms with Crippen molar-refractivity contribution in [2.45, 2.75) is 89.0 Å². The van der Waals surface area contributed by atoms with E-state index in [9.17, 15) is 24.3 Å². The molecule has 4 rings (SSSR count). The molecule has 7 N–H and O–H groups in total. The Labute approximate surface area is 256 Å². The number of esters is 1. The molecule has 1 saturated carbocycles. The highest BCUT2D eigenvalue weighted by Gasteiger charge is 2.49. The van der Waals surface area contributed by atoms with Crippen molar-refractivity contribution >= 4 is 23.8 Å². The molecule has 0 aromatic heterocycles. The van der Waals surface area contributed by atoms with Crippen molar-refractivity contribution in [2.75, 3.05) is 6.61 Å². The third-order valence-electron chi connectivity index (χ3n) is 8.15. The van der Waals surface area contributed by atoms with Crippen LogP contribution in [-0.2, 0) is 36.8 Å². The zero-order valence-electron chi connectivity index (χ0n) is 25.1. The van der Waals surface area contributed by atoms with Gasteiger partial charge >= 0.3 is 17.9 Å². The molecule has 0 bridgehead atoms. The maximum absolute atomic E-state index is 13.2. The van der Waals surface area contributed by atoms with Gasteiger partial charge in [0.2, 0.25) is 5.91 Å². The minimum atomic E-state index is -1.10. The number of carbonyl (C=O) groups excluding carboxylic acids is 2. The molecule has 1 saturated heterocycles. The molecule has 2 aliphatic rings. The van der Waals surface area contributed by atoms with Gasteiger partial charge in [0.25, 0.3) is 0 Å². The van der Waals surface area contributed by atoms with E-state index in [-0.39, 0.29) is 48.4 Å². The fourth-order valence-corrected chi connectivity index (χ4v) is 5.93. The molecule has 12 nitrogen and oxygen atoms in total. The molecule has 0 radical (unpaired) electrons. The Kier molecular flexibility index (Phi) is 12.5. The Morgan fingerprint density at radius 3 is 2.34 bits per heavy atom. The minimum Gasteiger partial charge on any atom is -0.504 e. The highest BCUT2D eigenvalue weighted by Crippen LogP contribution is 2.41. The summed E-state index contributed by atoms with van der Waals surface area (Å²) in [5, 5.41) is 39.4. The molecular weight excluding hydrogens is 570 g/mol. The van der Waals surface area contributed by atoms with Gasteiger partial charge in [-0.2, -0.15) is 0 Å². The number of ether oxygens (including phenoxy) is 1. The first kappa shape index (κ1) is 34.3. The molecule has 0 spiro atoms. The van der Waals surface area contributed by atoms with Crippen LogP contribution in [0.5, 0.6) is 11.5 Å². The van der Waals surface area contributed by atoms with Crippen LogP contribution in [0.15, 0.2) is 48.5 Å². The van der Waals surface area contributed by atoms with Gasteiger partial charge < -0.3 is 35.8 Å². The fourth-order valence-electron chi connectivity index (χ4n) is 5.93. The summed E-state index contributed by atoms with van der Waals surface area (Å²) >= 11 is 0. The molecule has 2 aromatic carbocycles. The number of phenols is 2. The zero-order valence-corrected chi connectivity index (χ0v) is 25.1. The maximum Gasteiger partial charge on any atom is 0.326 e. The van der Waals surface area contributed by atoms with Crippen molar-refractivity contribution in [2.24, 2.45) is 11.7 Å². The van der Waals surface area contributed by atoms with E-state index in [1.54, 1.807) is 18.7 Å². The Morgan fingerprint density at radius 1 is 1.02 bits per heavy atom. The van der Waals surface area contributed by atoms with Crippen LogP contribution < -0.4 is 11.1 Å². The summed E-state index contributed by atoms with van der Waals surface area (Å²) in [5.74, 6) is -2.93. The van der Waals surface area contributed by atoms with E-state index in [1.165, 1.54) is 18.2 Å². The quantitative estimate of drug-likeness (QED) is 0.152. The number of nitrogens with one attached hydrogen (secondary N) is 1. The summed E-state index contributed by atoms with van der Waals surface area (Å²) < 4.78 is 5.21. The number of carbonyl (C=O) groups is 4. The summed E-state index contributed by atoms with van der Waals surface area (Å²) in [6.45, 7) is 3.72. The van der Waals surface area contributed by atoms with Gasteiger partial charge in [-0.05, 0) is 81.5 Å². The van der Waals surface area contributed by atoms with E-state index in [1.807, 2.05) is 30.3 Å². The second-order valence-corrected chi connectivity index (χ2v) is 11.3. The van der Waals surface area contributed by atoms with E-state index in [0.717, 1.165) is 24.8 Å². The SMILES string of the molecule is CCOC(=O)[C@H](CCc1ccccc1)N[C@@H](C)C(=O)N1[C@H](C(=O)O)C[C@@H]2CCC[C@@H]21.N[C@@H](Cc1ccc(O)c(O)c1)C(=O)O. The monoisotopic (exact) mass is 613 g/mol. The largest absolute Gasteiger partial charge is 0.504 e. The lowest BCUT2D eigenvalue weighted by Gasteiger charge is -2.31. The van der Waals surface area contributed by atoms with Gasteiger partial charge in [0.05, 0.1) is 12.6 Å². The Hall–Kier alpha value is -4.16. The Bertz CT molecular complexity index is 1290. The maximum atomic E-state index is 13.2. The summed E-state index contributed by atoms with van der Waals surface area (Å²) in [6.07, 6.45) is 4.65. The second kappa shape index (κ2) is 16.1. The smallest absolute Gasteiger partial charge is 0.326 e. The predicted molar refractivity (Wildman–Crippen MR) is 161 cm³/mol. The number of carboxylic acids is 2. The number of aromatic hydroxyl groups is 2. The van der Waals surface area contributed by atoms with Crippen LogP contribution in [0.3, 0.4) is 0 Å². The van der Waals surface area contributed by atoms with Gasteiger partial charge in [-0.15, -0.1) is 0 Å². The minimum absolute atomic E-state index is 0.00629. The van der Waals surface area contributed by atoms with E-state index < -0.39 is 36.1 Å². The van der Waals surface area contributed by atoms with Crippen LogP contribution in [0.25, 0.3) is 0 Å². The number of rotatable bonds is 12. The normalized spacial score (nSPS) is 20.9. The van der Waals surface area contributed by atoms with E-state index in [0.29, 0.717) is 24.8 Å². The predicted octanol–water partition coefficient (Wildman–Crippen LogP) is 2.44. The molecule has 1 heterocycles. The van der Waals surface area contributed by atoms with E-state index >= 15 is 0 Å². The van der Waals surface area contributed by atoms with Crippen LogP contribution in [0.4, 0.5) is 0 Å². The molecule has 1 amide bonds. The van der Waals surface area contributed by atoms with Crippen molar-refractivity contribution in [3.63, 3.8) is 0 Å². The van der Waals surface area contributed by atoms with Crippen LogP contribution in [0, 0.1) is 5.92 Å². The number of likely N-dealkylation sites (tertiary alicyclic amines) is 1. The van der Waals surface area contributed by atoms with Crippen molar-refractivity contribution in [3.05, 3.63) is 59.7 Å². The number of aryl methyl sites for hydroxylation is 1. The second-order valence-electron chi connectivity index (χ2n) is 11.3. The molecule has 2 fully saturated rings. The van der Waals surface area contributed by atoms with Crippen LogP contribution in [0.1, 0.15) is 57.1 Å². The van der Waals surface area contributed by atoms with Gasteiger partial charge in [-0.3, -0.25) is 19.7 Å². The summed E-state index contributed by atoms with van der Waals surface area (Å²) in [4.78, 5) is 49.5. The average molecular weight is 614 g/mol. The van der Waals surface area contributed by atoms with Crippen LogP contribution >= 0.6 is 0 Å². The highest BCUT2D eigenvalue weighted by molar-refractivity contribution is 5.88. The number of nitrogens with zero attached hydrogens (tertiary/aromatic N) is 1. The highest BCUT2D eigenvalue weighted by atomic mass is 16.5. The Morgan fingerprint density at radius 2 is 1.73 bits per heavy atom. The first-order chi connectivity index (χ1) is 20.9. The molecular formula is C32H43N3O9. The van der Waals surface area contributed by atoms with Crippen LogP contribution in [0.2, 0.25) is 0 Å². The molecule has 2 aromatic rings. The number of aliphatic carboxylic acids is 2. The molecule has 6 atom stereocenters. The standard InChI is InChI=1S/C23H32N2O5.C9H11NO4/c1-3-30-23(29)18(13-12-16-8-5-4-6-9-16)24-15(2)21(26)25-19-11-7-10-17(19)14-20(25)22(27)28;10-6(9(13)14)3-5-1-2-7(11)8(12)4-5/h4-6,8-9,15,17-20,24H,3,7,10-14H2,1-2H3,(H,27,28);1-2,4,6,11-12H,3,10H2,(H,13,14)/t15-,17-,18-,19-,20-;6-/m00/s1. The Balaban J connectivity index is 0.000000317. The number of nitrogens with two attached hydrogens (primary N) is 1. The van der Waals surface area contributed by atoms with Gasteiger partial charge in [-0.25, -0.2) is 4.79 Å². The van der Waals surface area contributed by atoms with Crippen molar-refractivity contribution in [3.8, 4) is 11.5 Å². The molecule has 44 heavy (non-hydrogen) atoms. The third-order valence-corrected chi connectivity index (χ3v) is 8.15. The number of benzene rings is 2.